The van der Waals surface area contributed by atoms with E-state index in [0.717, 1.165) is 0 Å². The third-order valence-corrected chi connectivity index (χ3v) is 0.986. The average molecular weight is 135 g/mol. The highest BCUT2D eigenvalue weighted by atomic mass is 16.1. The number of H-pyrrole nitrogens is 1. The Morgan fingerprint density at radius 3 is 2.90 bits per heavy atom. The van der Waals surface area contributed by atoms with E-state index in [1.165, 1.54) is 6.07 Å². The third-order valence-electron chi connectivity index (χ3n) is 0.986. The molecule has 0 saturated carbocycles. The number of aromatic amines is 1. The van der Waals surface area contributed by atoms with Crippen molar-refractivity contribution in [2.75, 3.05) is 0 Å². The summed E-state index contributed by atoms with van der Waals surface area (Å²) in [5.41, 5.74) is 5.50. The summed E-state index contributed by atoms with van der Waals surface area (Å²) in [4.78, 5) is 10.4. The van der Waals surface area contributed by atoms with Crippen LogP contribution in [-0.4, -0.2) is 16.1 Å². The number of nitrogens with one attached hydrogen (secondary N) is 1. The molecule has 4 nitrogen and oxygen atoms in total. The van der Waals surface area contributed by atoms with Crippen LogP contribution in [0.25, 0.3) is 0 Å². The number of hydrogen-bond donors (Lipinski definition) is 2. The number of aromatic nitrogens is 2. The topological polar surface area (TPSA) is 71.8 Å². The Kier molecular flexibility index (Phi) is 1.42. The lowest BCUT2D eigenvalue weighted by molar-refractivity contribution is 0.0995. The molecule has 3 N–H and O–H groups in total. The first kappa shape index (κ1) is 6.36. The molecule has 1 aromatic heterocycles. The number of terminal acetylenes is 1. The monoisotopic (exact) mass is 135 g/mol. The number of nitrogens with two attached hydrogens (primary N) is 1. The normalized spacial score (nSPS) is 8.70. The molecular weight excluding hydrogens is 130 g/mol. The Balaban J connectivity index is 3.02. The summed E-state index contributed by atoms with van der Waals surface area (Å²) in [6.45, 7) is 0. The second-order valence-electron chi connectivity index (χ2n) is 1.68. The smallest absolute Gasteiger partial charge is 0.269 e. The van der Waals surface area contributed by atoms with Crippen LogP contribution in [0.15, 0.2) is 6.07 Å². The molecule has 0 aliphatic carbocycles. The van der Waals surface area contributed by atoms with Gasteiger partial charge in [0.25, 0.3) is 5.91 Å². The van der Waals surface area contributed by atoms with Gasteiger partial charge < -0.3 is 5.73 Å². The lowest BCUT2D eigenvalue weighted by Crippen LogP contribution is -2.10. The summed E-state index contributed by atoms with van der Waals surface area (Å²) in [7, 11) is 0. The summed E-state index contributed by atoms with van der Waals surface area (Å²) in [6, 6.07) is 1.42. The van der Waals surface area contributed by atoms with E-state index in [1.54, 1.807) is 0 Å². The van der Waals surface area contributed by atoms with E-state index < -0.39 is 5.91 Å². The van der Waals surface area contributed by atoms with Gasteiger partial charge in [0.1, 0.15) is 5.69 Å². The van der Waals surface area contributed by atoms with Crippen molar-refractivity contribution in [2.45, 2.75) is 0 Å². The van der Waals surface area contributed by atoms with Crippen LogP contribution in [-0.2, 0) is 0 Å². The minimum atomic E-state index is -0.585. The predicted molar refractivity (Wildman–Crippen MR) is 35.0 cm³/mol. The molecule has 0 aliphatic rings. The van der Waals surface area contributed by atoms with Crippen molar-refractivity contribution < 1.29 is 4.79 Å². The van der Waals surface area contributed by atoms with Crippen molar-refractivity contribution in [3.05, 3.63) is 17.5 Å². The molecule has 1 heterocycles. The van der Waals surface area contributed by atoms with Gasteiger partial charge in [-0.3, -0.25) is 9.89 Å². The van der Waals surface area contributed by atoms with Gasteiger partial charge in [0.05, 0.1) is 0 Å². The lowest BCUT2D eigenvalue weighted by Gasteiger charge is -1.78. The Hall–Kier alpha value is -1.76. The number of primary amides is 1. The van der Waals surface area contributed by atoms with Gasteiger partial charge in [-0.25, -0.2) is 0 Å². The molecule has 0 bridgehead atoms. The van der Waals surface area contributed by atoms with Crippen LogP contribution in [0.1, 0.15) is 16.2 Å². The van der Waals surface area contributed by atoms with E-state index in [-0.39, 0.29) is 5.69 Å². The largest absolute Gasteiger partial charge is 0.364 e. The Labute approximate surface area is 57.4 Å². The predicted octanol–water partition coefficient (Wildman–Crippen LogP) is -0.510. The highest BCUT2D eigenvalue weighted by Gasteiger charge is 2.02. The van der Waals surface area contributed by atoms with Gasteiger partial charge >= 0.3 is 0 Å². The number of nitrogens with zero attached hydrogens (tertiary/aromatic N) is 1. The molecule has 0 atom stereocenters. The minimum absolute atomic E-state index is 0.160. The fourth-order valence-electron chi connectivity index (χ4n) is 0.522. The maximum absolute atomic E-state index is 10.4. The molecule has 0 aliphatic heterocycles. The molecule has 10 heavy (non-hydrogen) atoms. The van der Waals surface area contributed by atoms with E-state index in [1.807, 2.05) is 0 Å². The van der Waals surface area contributed by atoms with Gasteiger partial charge in [-0.15, -0.1) is 6.42 Å². The number of rotatable bonds is 1. The van der Waals surface area contributed by atoms with Gasteiger partial charge in [0.15, 0.2) is 5.69 Å². The van der Waals surface area contributed by atoms with E-state index in [0.29, 0.717) is 5.69 Å². The van der Waals surface area contributed by atoms with Crippen molar-refractivity contribution in [1.29, 1.82) is 0 Å². The molecule has 0 unspecified atom stereocenters. The Morgan fingerprint density at radius 2 is 2.60 bits per heavy atom. The zero-order valence-electron chi connectivity index (χ0n) is 5.09. The Bertz CT molecular complexity index is 294. The van der Waals surface area contributed by atoms with Crippen molar-refractivity contribution in [3.63, 3.8) is 0 Å². The minimum Gasteiger partial charge on any atom is -0.364 e. The molecule has 0 spiro atoms. The average Bonchev–Trinajstić information content (AvgIpc) is 2.34. The highest BCUT2D eigenvalue weighted by molar-refractivity contribution is 5.90. The van der Waals surface area contributed by atoms with Crippen molar-refractivity contribution in [2.24, 2.45) is 5.73 Å². The first-order valence-electron chi connectivity index (χ1n) is 2.56. The second kappa shape index (κ2) is 2.23. The quantitative estimate of drug-likeness (QED) is 0.509. The number of carbonyl (C=O) groups is 1. The zero-order chi connectivity index (χ0) is 7.56. The summed E-state index contributed by atoms with van der Waals surface area (Å²) >= 11 is 0. The van der Waals surface area contributed by atoms with Crippen LogP contribution in [0.3, 0.4) is 0 Å². The molecule has 50 valence electrons. The first-order chi connectivity index (χ1) is 4.74. The molecule has 0 aromatic carbocycles. The molecule has 1 aromatic rings. The van der Waals surface area contributed by atoms with Crippen molar-refractivity contribution >= 4 is 5.91 Å². The maximum atomic E-state index is 10.4. The summed E-state index contributed by atoms with van der Waals surface area (Å²) in [5, 5.41) is 5.99. The molecular formula is C6H5N3O. The molecule has 1 amide bonds. The van der Waals surface area contributed by atoms with E-state index >= 15 is 0 Å². The zero-order valence-corrected chi connectivity index (χ0v) is 5.09. The maximum Gasteiger partial charge on any atom is 0.269 e. The molecule has 0 radical (unpaired) electrons. The standard InChI is InChI=1S/C6H5N3O/c1-2-4-3-5(6(7)10)9-8-4/h1,3H,(H2,7,10)(H,8,9). The highest BCUT2D eigenvalue weighted by Crippen LogP contribution is 1.94. The van der Waals surface area contributed by atoms with Gasteiger partial charge in [-0.1, -0.05) is 5.92 Å². The molecule has 4 heteroatoms. The Morgan fingerprint density at radius 1 is 1.90 bits per heavy atom. The molecule has 0 fully saturated rings. The van der Waals surface area contributed by atoms with Crippen LogP contribution >= 0.6 is 0 Å². The fraction of sp³-hybridized carbons (Fsp3) is 0. The van der Waals surface area contributed by atoms with E-state index in [4.69, 9.17) is 12.2 Å². The van der Waals surface area contributed by atoms with E-state index in [2.05, 4.69) is 16.1 Å². The summed E-state index contributed by atoms with van der Waals surface area (Å²) in [5.74, 6) is 1.69. The lowest BCUT2D eigenvalue weighted by atomic mass is 10.3. The summed E-state index contributed by atoms with van der Waals surface area (Å²) < 4.78 is 0. The number of amides is 1. The van der Waals surface area contributed by atoms with Crippen LogP contribution in [0.4, 0.5) is 0 Å². The molecule has 0 saturated heterocycles. The number of hydrogen-bond acceptors (Lipinski definition) is 2. The van der Waals surface area contributed by atoms with Crippen LogP contribution in [0.2, 0.25) is 0 Å². The van der Waals surface area contributed by atoms with Crippen LogP contribution in [0.5, 0.6) is 0 Å². The first-order valence-corrected chi connectivity index (χ1v) is 2.56. The van der Waals surface area contributed by atoms with E-state index in [9.17, 15) is 4.79 Å². The van der Waals surface area contributed by atoms with Gasteiger partial charge in [-0.2, -0.15) is 5.10 Å². The number of carbonyl (C=O) groups excluding carboxylic acids is 1. The third kappa shape index (κ3) is 0.977. The summed E-state index contributed by atoms with van der Waals surface area (Å²) in [6.07, 6.45) is 4.99. The van der Waals surface area contributed by atoms with Crippen molar-refractivity contribution in [3.8, 4) is 12.3 Å². The molecule has 1 rings (SSSR count). The SMILES string of the molecule is C#Cc1cc(C(N)=O)n[nH]1. The van der Waals surface area contributed by atoms with Gasteiger partial charge in [0.2, 0.25) is 0 Å². The van der Waals surface area contributed by atoms with Crippen LogP contribution < -0.4 is 5.73 Å². The van der Waals surface area contributed by atoms with Gasteiger partial charge in [0, 0.05) is 6.07 Å². The van der Waals surface area contributed by atoms with Gasteiger partial charge in [-0.05, 0) is 0 Å². The fourth-order valence-corrected chi connectivity index (χ4v) is 0.522. The van der Waals surface area contributed by atoms with Crippen LogP contribution in [0, 0.1) is 12.3 Å². The second-order valence-corrected chi connectivity index (χ2v) is 1.68. The van der Waals surface area contributed by atoms with Crippen molar-refractivity contribution in [1.82, 2.24) is 10.2 Å².